The van der Waals surface area contributed by atoms with Crippen LogP contribution in [0.1, 0.15) is 23.1 Å². The summed E-state index contributed by atoms with van der Waals surface area (Å²) in [4.78, 5) is 23.2. The second-order valence-corrected chi connectivity index (χ2v) is 6.50. The lowest BCUT2D eigenvalue weighted by Crippen LogP contribution is -2.39. The molecule has 144 valence electrons. The van der Waals surface area contributed by atoms with Crippen LogP contribution in [0.5, 0.6) is 0 Å². The first-order valence-electron chi connectivity index (χ1n) is 8.05. The number of amides is 1. The van der Waals surface area contributed by atoms with E-state index in [9.17, 15) is 22.8 Å². The second kappa shape index (κ2) is 8.90. The smallest absolute Gasteiger partial charge is 0.416 e. The number of nitrogens with one attached hydrogen (secondary N) is 1. The van der Waals surface area contributed by atoms with Crippen LogP contribution in [-0.4, -0.2) is 23.0 Å². The van der Waals surface area contributed by atoms with Crippen molar-refractivity contribution in [1.82, 2.24) is 5.32 Å². The van der Waals surface area contributed by atoms with Crippen molar-refractivity contribution in [3.05, 3.63) is 70.2 Å². The van der Waals surface area contributed by atoms with Crippen molar-refractivity contribution in [1.29, 1.82) is 0 Å². The number of rotatable bonds is 7. The number of carboxylic acid groups (broad SMARTS) is 1. The maximum Gasteiger partial charge on any atom is 0.416 e. The van der Waals surface area contributed by atoms with E-state index in [-0.39, 0.29) is 25.2 Å². The quantitative estimate of drug-likeness (QED) is 0.736. The maximum absolute atomic E-state index is 12.6. The zero-order valence-corrected chi connectivity index (χ0v) is 14.8. The number of carboxylic acids is 1. The lowest BCUT2D eigenvalue weighted by molar-refractivity contribution is -0.138. The van der Waals surface area contributed by atoms with Gasteiger partial charge in [-0.3, -0.25) is 9.59 Å². The summed E-state index contributed by atoms with van der Waals surface area (Å²) in [5.41, 5.74) is 0.425. The number of aliphatic carboxylic acids is 1. The molecule has 0 heterocycles. The molecule has 4 nitrogen and oxygen atoms in total. The lowest BCUT2D eigenvalue weighted by Gasteiger charge is -2.18. The molecular formula is C19H17ClF3NO3. The summed E-state index contributed by atoms with van der Waals surface area (Å²) in [6, 6.07) is 10.3. The molecule has 0 bridgehead atoms. The van der Waals surface area contributed by atoms with Crippen LogP contribution in [0.3, 0.4) is 0 Å². The van der Waals surface area contributed by atoms with Crippen molar-refractivity contribution < 1.29 is 27.9 Å². The number of alkyl halides is 3. The molecule has 2 aromatic carbocycles. The van der Waals surface area contributed by atoms with Crippen LogP contribution < -0.4 is 5.32 Å². The topological polar surface area (TPSA) is 66.4 Å². The molecule has 0 spiro atoms. The summed E-state index contributed by atoms with van der Waals surface area (Å²) in [5.74, 6) is -1.49. The Bertz CT molecular complexity index is 789. The molecule has 0 saturated heterocycles. The predicted octanol–water partition coefficient (Wildman–Crippen LogP) is 4.10. The Hall–Kier alpha value is -2.54. The van der Waals surface area contributed by atoms with Gasteiger partial charge in [0, 0.05) is 11.1 Å². The van der Waals surface area contributed by atoms with Crippen LogP contribution >= 0.6 is 11.6 Å². The number of carbonyl (C=O) groups is 2. The van der Waals surface area contributed by atoms with E-state index in [2.05, 4.69) is 5.32 Å². The molecule has 1 amide bonds. The molecule has 0 aliphatic carbocycles. The maximum atomic E-state index is 12.6. The summed E-state index contributed by atoms with van der Waals surface area (Å²) < 4.78 is 37.8. The van der Waals surface area contributed by atoms with Gasteiger partial charge < -0.3 is 10.4 Å². The highest BCUT2D eigenvalue weighted by Crippen LogP contribution is 2.29. The number of carbonyl (C=O) groups excluding carboxylic acids is 1. The van der Waals surface area contributed by atoms with Gasteiger partial charge >= 0.3 is 12.1 Å². The van der Waals surface area contributed by atoms with Crippen molar-refractivity contribution in [2.45, 2.75) is 31.5 Å². The minimum absolute atomic E-state index is 0.0420. The molecule has 0 unspecified atom stereocenters. The standard InChI is InChI=1S/C19H17ClF3NO3/c20-15-7-3-13(4-8-15)10-17(25)24-16(11-18(26)27)9-12-1-5-14(6-2-12)19(21,22)23/h1-8,16H,9-11H2,(H,24,25)(H,26,27)/t16-/m0/s1. The Balaban J connectivity index is 2.02. The summed E-state index contributed by atoms with van der Waals surface area (Å²) in [6.07, 6.45) is -4.63. The van der Waals surface area contributed by atoms with E-state index in [0.29, 0.717) is 16.1 Å². The van der Waals surface area contributed by atoms with Gasteiger partial charge in [-0.05, 0) is 41.8 Å². The van der Waals surface area contributed by atoms with E-state index in [4.69, 9.17) is 16.7 Å². The van der Waals surface area contributed by atoms with Crippen molar-refractivity contribution >= 4 is 23.5 Å². The van der Waals surface area contributed by atoms with Crippen LogP contribution in [0.15, 0.2) is 48.5 Å². The Morgan fingerprint density at radius 2 is 1.56 bits per heavy atom. The molecule has 0 aliphatic heterocycles. The zero-order chi connectivity index (χ0) is 20.0. The summed E-state index contributed by atoms with van der Waals surface area (Å²) in [5, 5.41) is 12.2. The van der Waals surface area contributed by atoms with Gasteiger partial charge in [0.1, 0.15) is 0 Å². The van der Waals surface area contributed by atoms with Crippen molar-refractivity contribution in [2.75, 3.05) is 0 Å². The minimum Gasteiger partial charge on any atom is -0.481 e. The monoisotopic (exact) mass is 399 g/mol. The van der Waals surface area contributed by atoms with Crippen molar-refractivity contribution in [2.24, 2.45) is 0 Å². The highest BCUT2D eigenvalue weighted by Gasteiger charge is 2.30. The second-order valence-electron chi connectivity index (χ2n) is 6.06. The van der Waals surface area contributed by atoms with E-state index in [1.807, 2.05) is 0 Å². The summed E-state index contributed by atoms with van der Waals surface area (Å²) in [7, 11) is 0. The molecule has 0 radical (unpaired) electrons. The highest BCUT2D eigenvalue weighted by molar-refractivity contribution is 6.30. The Morgan fingerprint density at radius 3 is 2.07 bits per heavy atom. The third-order valence-corrected chi connectivity index (χ3v) is 4.08. The van der Waals surface area contributed by atoms with Crippen LogP contribution in [-0.2, 0) is 28.6 Å². The van der Waals surface area contributed by atoms with E-state index in [0.717, 1.165) is 12.1 Å². The van der Waals surface area contributed by atoms with Crippen LogP contribution in [0.2, 0.25) is 5.02 Å². The van der Waals surface area contributed by atoms with E-state index in [1.165, 1.54) is 12.1 Å². The average Bonchev–Trinajstić information content (AvgIpc) is 2.56. The van der Waals surface area contributed by atoms with Crippen LogP contribution in [0.25, 0.3) is 0 Å². The van der Waals surface area contributed by atoms with Gasteiger partial charge in [-0.25, -0.2) is 0 Å². The van der Waals surface area contributed by atoms with Crippen LogP contribution in [0, 0.1) is 0 Å². The molecule has 2 N–H and O–H groups in total. The fourth-order valence-corrected chi connectivity index (χ4v) is 2.69. The van der Waals surface area contributed by atoms with E-state index in [1.54, 1.807) is 24.3 Å². The highest BCUT2D eigenvalue weighted by atomic mass is 35.5. The number of hydrogen-bond donors (Lipinski definition) is 2. The Kier molecular flexibility index (Phi) is 6.85. The van der Waals surface area contributed by atoms with Gasteiger partial charge in [0.15, 0.2) is 0 Å². The largest absolute Gasteiger partial charge is 0.481 e. The normalized spacial score (nSPS) is 12.4. The van der Waals surface area contributed by atoms with Crippen molar-refractivity contribution in [3.63, 3.8) is 0 Å². The molecule has 2 rings (SSSR count). The molecule has 2 aromatic rings. The molecule has 0 aromatic heterocycles. The zero-order valence-electron chi connectivity index (χ0n) is 14.1. The van der Waals surface area contributed by atoms with Gasteiger partial charge in [0.05, 0.1) is 18.4 Å². The van der Waals surface area contributed by atoms with Gasteiger partial charge in [-0.15, -0.1) is 0 Å². The Morgan fingerprint density at radius 1 is 1.00 bits per heavy atom. The van der Waals surface area contributed by atoms with Gasteiger partial charge in [-0.1, -0.05) is 35.9 Å². The molecule has 8 heteroatoms. The SMILES string of the molecule is O=C(O)C[C@H](Cc1ccc(C(F)(F)F)cc1)NC(=O)Cc1ccc(Cl)cc1. The first-order chi connectivity index (χ1) is 12.6. The van der Waals surface area contributed by atoms with E-state index >= 15 is 0 Å². The summed E-state index contributed by atoms with van der Waals surface area (Å²) in [6.45, 7) is 0. The van der Waals surface area contributed by atoms with Gasteiger partial charge in [-0.2, -0.15) is 13.2 Å². The first kappa shape index (κ1) is 20.8. The molecule has 0 fully saturated rings. The third-order valence-electron chi connectivity index (χ3n) is 3.83. The number of halogens is 4. The molecular weight excluding hydrogens is 383 g/mol. The fourth-order valence-electron chi connectivity index (χ4n) is 2.57. The molecule has 0 aliphatic rings. The average molecular weight is 400 g/mol. The summed E-state index contributed by atoms with van der Waals surface area (Å²) >= 11 is 5.78. The van der Waals surface area contributed by atoms with Crippen molar-refractivity contribution in [3.8, 4) is 0 Å². The minimum atomic E-state index is -4.44. The predicted molar refractivity (Wildman–Crippen MR) is 94.5 cm³/mol. The van der Waals surface area contributed by atoms with Gasteiger partial charge in [0.2, 0.25) is 5.91 Å². The lowest BCUT2D eigenvalue weighted by atomic mass is 10.0. The third kappa shape index (κ3) is 6.94. The molecule has 27 heavy (non-hydrogen) atoms. The van der Waals surface area contributed by atoms with E-state index < -0.39 is 23.8 Å². The number of hydrogen-bond acceptors (Lipinski definition) is 2. The molecule has 0 saturated carbocycles. The number of benzene rings is 2. The first-order valence-corrected chi connectivity index (χ1v) is 8.43. The fraction of sp³-hybridized carbons (Fsp3) is 0.263. The molecule has 1 atom stereocenters. The van der Waals surface area contributed by atoms with Gasteiger partial charge in [0.25, 0.3) is 0 Å². The van der Waals surface area contributed by atoms with Crippen LogP contribution in [0.4, 0.5) is 13.2 Å². The Labute approximate surface area is 159 Å².